The third-order valence-electron chi connectivity index (χ3n) is 4.05. The number of carbonyl (C=O) groups excluding carboxylic acids is 1. The van der Waals surface area contributed by atoms with Crippen molar-refractivity contribution in [3.63, 3.8) is 0 Å². The van der Waals surface area contributed by atoms with Crippen LogP contribution in [0.1, 0.15) is 46.5 Å². The standard InChI is InChI=1S/C15H31N3O2/c1-11(19)9-15(2,3)10-16-14(20)17-12-6-7-13(8-12)18(4)5/h11-13,19H,6-10H2,1-5H3,(H2,16,17,20). The minimum atomic E-state index is -0.342. The fourth-order valence-electron chi connectivity index (χ4n) is 2.99. The van der Waals surface area contributed by atoms with Crippen LogP contribution in [0.25, 0.3) is 0 Å². The molecule has 118 valence electrons. The molecule has 3 unspecified atom stereocenters. The van der Waals surface area contributed by atoms with E-state index in [4.69, 9.17) is 0 Å². The lowest BCUT2D eigenvalue weighted by Crippen LogP contribution is -2.45. The number of carbonyl (C=O) groups is 1. The van der Waals surface area contributed by atoms with Crippen LogP contribution < -0.4 is 10.6 Å². The Balaban J connectivity index is 2.27. The molecule has 0 saturated heterocycles. The van der Waals surface area contributed by atoms with Crippen molar-refractivity contribution in [2.75, 3.05) is 20.6 Å². The topological polar surface area (TPSA) is 64.6 Å². The Morgan fingerprint density at radius 1 is 1.40 bits per heavy atom. The summed E-state index contributed by atoms with van der Waals surface area (Å²) in [4.78, 5) is 14.1. The summed E-state index contributed by atoms with van der Waals surface area (Å²) < 4.78 is 0. The second-order valence-electron chi connectivity index (χ2n) is 7.17. The van der Waals surface area contributed by atoms with Gasteiger partial charge in [-0.1, -0.05) is 13.8 Å². The summed E-state index contributed by atoms with van der Waals surface area (Å²) in [5.74, 6) is 0. The zero-order valence-corrected chi connectivity index (χ0v) is 13.6. The molecule has 0 aromatic rings. The van der Waals surface area contributed by atoms with E-state index in [1.165, 1.54) is 0 Å². The van der Waals surface area contributed by atoms with Crippen LogP contribution in [-0.2, 0) is 0 Å². The lowest BCUT2D eigenvalue weighted by Gasteiger charge is -2.27. The van der Waals surface area contributed by atoms with Crippen molar-refractivity contribution in [1.29, 1.82) is 0 Å². The molecule has 0 aromatic carbocycles. The summed E-state index contributed by atoms with van der Waals surface area (Å²) in [6.45, 7) is 6.46. The molecule has 0 aromatic heterocycles. The zero-order valence-electron chi connectivity index (χ0n) is 13.6. The van der Waals surface area contributed by atoms with Crippen LogP contribution in [-0.4, -0.2) is 54.9 Å². The lowest BCUT2D eigenvalue weighted by molar-refractivity contribution is 0.128. The number of urea groups is 1. The van der Waals surface area contributed by atoms with Gasteiger partial charge in [0.05, 0.1) is 6.10 Å². The first kappa shape index (κ1) is 17.2. The van der Waals surface area contributed by atoms with E-state index < -0.39 is 0 Å². The van der Waals surface area contributed by atoms with Crippen molar-refractivity contribution in [3.8, 4) is 0 Å². The maximum absolute atomic E-state index is 11.9. The van der Waals surface area contributed by atoms with Gasteiger partial charge in [-0.3, -0.25) is 0 Å². The van der Waals surface area contributed by atoms with E-state index in [1.54, 1.807) is 6.92 Å². The molecule has 0 heterocycles. The van der Waals surface area contributed by atoms with Crippen LogP contribution in [0.15, 0.2) is 0 Å². The van der Waals surface area contributed by atoms with Gasteiger partial charge in [0.2, 0.25) is 0 Å². The molecule has 1 saturated carbocycles. The normalized spacial score (nSPS) is 24.8. The van der Waals surface area contributed by atoms with E-state index in [1.807, 2.05) is 0 Å². The summed E-state index contributed by atoms with van der Waals surface area (Å²) in [7, 11) is 4.18. The smallest absolute Gasteiger partial charge is 0.315 e. The van der Waals surface area contributed by atoms with Gasteiger partial charge in [-0.05, 0) is 52.1 Å². The first-order valence-corrected chi connectivity index (χ1v) is 7.58. The largest absolute Gasteiger partial charge is 0.393 e. The molecule has 3 atom stereocenters. The van der Waals surface area contributed by atoms with E-state index in [-0.39, 0.29) is 23.6 Å². The molecule has 2 amide bonds. The maximum Gasteiger partial charge on any atom is 0.315 e. The quantitative estimate of drug-likeness (QED) is 0.694. The summed E-state index contributed by atoms with van der Waals surface area (Å²) in [6.07, 6.45) is 3.56. The molecular weight excluding hydrogens is 254 g/mol. The van der Waals surface area contributed by atoms with E-state index in [0.29, 0.717) is 19.0 Å². The van der Waals surface area contributed by atoms with Crippen molar-refractivity contribution in [1.82, 2.24) is 15.5 Å². The monoisotopic (exact) mass is 285 g/mol. The fraction of sp³-hybridized carbons (Fsp3) is 0.933. The van der Waals surface area contributed by atoms with Gasteiger partial charge in [0.1, 0.15) is 0 Å². The Kier molecular flexibility index (Phi) is 6.27. The zero-order chi connectivity index (χ0) is 15.3. The van der Waals surface area contributed by atoms with Gasteiger partial charge in [-0.15, -0.1) is 0 Å². The summed E-state index contributed by atoms with van der Waals surface area (Å²) in [5.41, 5.74) is -0.0899. The highest BCUT2D eigenvalue weighted by Gasteiger charge is 2.27. The Bertz CT molecular complexity index is 316. The van der Waals surface area contributed by atoms with E-state index in [2.05, 4.69) is 43.5 Å². The van der Waals surface area contributed by atoms with Crippen LogP contribution in [0.5, 0.6) is 0 Å². The number of nitrogens with one attached hydrogen (secondary N) is 2. The van der Waals surface area contributed by atoms with Crippen molar-refractivity contribution in [2.45, 2.75) is 64.6 Å². The highest BCUT2D eigenvalue weighted by atomic mass is 16.3. The van der Waals surface area contributed by atoms with Crippen molar-refractivity contribution < 1.29 is 9.90 Å². The molecule has 0 bridgehead atoms. The van der Waals surface area contributed by atoms with Gasteiger partial charge < -0.3 is 20.6 Å². The molecule has 3 N–H and O–H groups in total. The number of hydrogen-bond donors (Lipinski definition) is 3. The predicted octanol–water partition coefficient (Wildman–Crippen LogP) is 1.57. The third-order valence-corrected chi connectivity index (χ3v) is 4.05. The fourth-order valence-corrected chi connectivity index (χ4v) is 2.99. The van der Waals surface area contributed by atoms with Crippen molar-refractivity contribution in [2.24, 2.45) is 5.41 Å². The number of aliphatic hydroxyl groups excluding tert-OH is 1. The third kappa shape index (κ3) is 6.09. The number of amides is 2. The van der Waals surface area contributed by atoms with E-state index in [9.17, 15) is 9.90 Å². The number of aliphatic hydroxyl groups is 1. The Morgan fingerprint density at radius 2 is 2.05 bits per heavy atom. The summed E-state index contributed by atoms with van der Waals surface area (Å²) >= 11 is 0. The molecule has 1 aliphatic carbocycles. The first-order valence-electron chi connectivity index (χ1n) is 7.58. The first-order chi connectivity index (χ1) is 9.19. The van der Waals surface area contributed by atoms with E-state index in [0.717, 1.165) is 19.3 Å². The Morgan fingerprint density at radius 3 is 2.55 bits per heavy atom. The molecule has 0 radical (unpaired) electrons. The second-order valence-corrected chi connectivity index (χ2v) is 7.17. The van der Waals surface area contributed by atoms with Crippen molar-refractivity contribution in [3.05, 3.63) is 0 Å². The van der Waals surface area contributed by atoms with Gasteiger partial charge in [0, 0.05) is 18.6 Å². The maximum atomic E-state index is 11.9. The molecule has 1 fully saturated rings. The summed E-state index contributed by atoms with van der Waals surface area (Å²) in [5, 5.41) is 15.4. The van der Waals surface area contributed by atoms with Crippen molar-refractivity contribution >= 4 is 6.03 Å². The van der Waals surface area contributed by atoms with Gasteiger partial charge in [0.15, 0.2) is 0 Å². The molecule has 1 rings (SSSR count). The lowest BCUT2D eigenvalue weighted by atomic mass is 9.87. The van der Waals surface area contributed by atoms with Gasteiger partial charge in [-0.2, -0.15) is 0 Å². The van der Waals surface area contributed by atoms with Crippen LogP contribution in [0.3, 0.4) is 0 Å². The molecule has 1 aliphatic rings. The number of hydrogen-bond acceptors (Lipinski definition) is 3. The minimum Gasteiger partial charge on any atom is -0.393 e. The van der Waals surface area contributed by atoms with Crippen LogP contribution >= 0.6 is 0 Å². The van der Waals surface area contributed by atoms with Gasteiger partial charge in [0.25, 0.3) is 0 Å². The average molecular weight is 285 g/mol. The predicted molar refractivity (Wildman–Crippen MR) is 81.7 cm³/mol. The number of nitrogens with zero attached hydrogens (tertiary/aromatic N) is 1. The SMILES string of the molecule is CC(O)CC(C)(C)CNC(=O)NC1CCC(N(C)C)C1. The number of rotatable bonds is 6. The summed E-state index contributed by atoms with van der Waals surface area (Å²) in [6, 6.07) is 0.766. The molecule has 20 heavy (non-hydrogen) atoms. The second kappa shape index (κ2) is 7.27. The Labute approximate surface area is 123 Å². The molecule has 5 heteroatoms. The van der Waals surface area contributed by atoms with Gasteiger partial charge >= 0.3 is 6.03 Å². The molecule has 0 aliphatic heterocycles. The molecular formula is C15H31N3O2. The van der Waals surface area contributed by atoms with Crippen LogP contribution in [0.2, 0.25) is 0 Å². The highest BCUT2D eigenvalue weighted by Crippen LogP contribution is 2.23. The van der Waals surface area contributed by atoms with Crippen LogP contribution in [0, 0.1) is 5.41 Å². The molecule has 5 nitrogen and oxygen atoms in total. The highest BCUT2D eigenvalue weighted by molar-refractivity contribution is 5.74. The minimum absolute atomic E-state index is 0.0897. The molecule has 0 spiro atoms. The Hall–Kier alpha value is -0.810. The van der Waals surface area contributed by atoms with Crippen LogP contribution in [0.4, 0.5) is 4.79 Å². The average Bonchev–Trinajstić information content (AvgIpc) is 2.73. The van der Waals surface area contributed by atoms with E-state index >= 15 is 0 Å². The van der Waals surface area contributed by atoms with Gasteiger partial charge in [-0.25, -0.2) is 4.79 Å².